The van der Waals surface area contributed by atoms with Gasteiger partial charge < -0.3 is 24.9 Å². The molecule has 0 amide bonds. The van der Waals surface area contributed by atoms with Crippen molar-refractivity contribution >= 4 is 25.2 Å². The van der Waals surface area contributed by atoms with Gasteiger partial charge in [0.25, 0.3) is 0 Å². The van der Waals surface area contributed by atoms with Gasteiger partial charge in [0.1, 0.15) is 23.9 Å². The molecule has 0 spiro atoms. The Morgan fingerprint density at radius 3 is 2.53 bits per heavy atom. The van der Waals surface area contributed by atoms with Gasteiger partial charge in [0.2, 0.25) is 0 Å². The van der Waals surface area contributed by atoms with Crippen LogP contribution in [0, 0.1) is 17.6 Å². The van der Waals surface area contributed by atoms with Gasteiger partial charge in [-0.05, 0) is 48.3 Å². The number of aliphatic hydroxyl groups is 2. The summed E-state index contributed by atoms with van der Waals surface area (Å²) >= 11 is 0. The number of aromatic amines is 1. The quantitative estimate of drug-likeness (QED) is 0.379. The minimum Gasteiger partial charge on any atom is -0.410 e. The van der Waals surface area contributed by atoms with Crippen LogP contribution in [0.25, 0.3) is 11.0 Å². The van der Waals surface area contributed by atoms with E-state index in [2.05, 4.69) is 54.1 Å². The van der Waals surface area contributed by atoms with Crippen molar-refractivity contribution in [2.45, 2.75) is 69.7 Å². The number of anilines is 1. The highest BCUT2D eigenvalue weighted by Crippen LogP contribution is 2.46. The number of fused-ring (bicyclic) bond motifs is 1. The number of aromatic nitrogens is 3. The summed E-state index contributed by atoms with van der Waals surface area (Å²) in [6.07, 6.45) is 0.552. The molecular weight excluding hydrogens is 458 g/mol. The molecule has 1 unspecified atom stereocenters. The number of H-pyrrole nitrogens is 1. The number of rotatable bonds is 6. The molecule has 184 valence electrons. The third-order valence-electron chi connectivity index (χ3n) is 7.29. The molecule has 7 nitrogen and oxygen atoms in total. The van der Waals surface area contributed by atoms with E-state index >= 15 is 0 Å². The Morgan fingerprint density at radius 2 is 1.85 bits per heavy atom. The first-order valence-corrected chi connectivity index (χ1v) is 14.3. The molecular formula is C24H32F2N4O3Si. The van der Waals surface area contributed by atoms with Crippen LogP contribution in [0.5, 0.6) is 0 Å². The number of aliphatic hydroxyl groups excluding tert-OH is 2. The molecule has 2 aromatic heterocycles. The van der Waals surface area contributed by atoms with Crippen LogP contribution >= 0.6 is 0 Å². The van der Waals surface area contributed by atoms with E-state index in [4.69, 9.17) is 4.43 Å². The Labute approximate surface area is 198 Å². The number of nitrogens with zero attached hydrogens (tertiary/aromatic N) is 2. The summed E-state index contributed by atoms with van der Waals surface area (Å²) in [6, 6.07) is 5.00. The Bertz CT molecular complexity index is 1170. The van der Waals surface area contributed by atoms with Crippen molar-refractivity contribution in [3.8, 4) is 0 Å². The van der Waals surface area contributed by atoms with Crippen LogP contribution in [0.15, 0.2) is 36.8 Å². The maximum absolute atomic E-state index is 14.2. The topological polar surface area (TPSA) is 103 Å². The second kappa shape index (κ2) is 8.99. The van der Waals surface area contributed by atoms with E-state index in [1.807, 2.05) is 6.07 Å². The molecule has 1 aliphatic carbocycles. The Morgan fingerprint density at radius 1 is 1.12 bits per heavy atom. The van der Waals surface area contributed by atoms with Crippen LogP contribution in [-0.2, 0) is 4.43 Å². The number of halogens is 2. The first-order chi connectivity index (χ1) is 15.9. The summed E-state index contributed by atoms with van der Waals surface area (Å²) < 4.78 is 34.5. The summed E-state index contributed by atoms with van der Waals surface area (Å²) in [5, 5.41) is 25.9. The van der Waals surface area contributed by atoms with E-state index in [0.717, 1.165) is 17.5 Å². The van der Waals surface area contributed by atoms with Crippen molar-refractivity contribution < 1.29 is 23.4 Å². The average molecular weight is 491 g/mol. The number of hydrogen-bond donors (Lipinski definition) is 4. The SMILES string of the molecule is CC(C)(C)[Si](C)(C)OC(c1ccc(F)c(F)c1)[C@H]1C[C@@H](Nc2ncnc3[nH]ccc23)[C@H](O)[C@@H]1O. The van der Waals surface area contributed by atoms with Crippen LogP contribution in [0.2, 0.25) is 18.1 Å². The maximum Gasteiger partial charge on any atom is 0.192 e. The number of hydrogen-bond acceptors (Lipinski definition) is 6. The van der Waals surface area contributed by atoms with Crippen molar-refractivity contribution in [1.29, 1.82) is 0 Å². The van der Waals surface area contributed by atoms with E-state index < -0.39 is 50.2 Å². The highest BCUT2D eigenvalue weighted by Gasteiger charge is 2.49. The van der Waals surface area contributed by atoms with Gasteiger partial charge in [-0.3, -0.25) is 0 Å². The van der Waals surface area contributed by atoms with Crippen molar-refractivity contribution in [3.63, 3.8) is 0 Å². The summed E-state index contributed by atoms with van der Waals surface area (Å²) in [4.78, 5) is 11.5. The van der Waals surface area contributed by atoms with Gasteiger partial charge in [-0.1, -0.05) is 26.8 Å². The molecule has 1 saturated carbocycles. The van der Waals surface area contributed by atoms with E-state index in [9.17, 15) is 19.0 Å². The van der Waals surface area contributed by atoms with Gasteiger partial charge in [-0.2, -0.15) is 0 Å². The summed E-state index contributed by atoms with van der Waals surface area (Å²) in [5.41, 5.74) is 1.10. The second-order valence-electron chi connectivity index (χ2n) is 10.6. The minimum atomic E-state index is -2.38. The fraction of sp³-hybridized carbons (Fsp3) is 0.500. The molecule has 1 aliphatic rings. The van der Waals surface area contributed by atoms with Gasteiger partial charge >= 0.3 is 0 Å². The van der Waals surface area contributed by atoms with E-state index in [1.54, 1.807) is 6.20 Å². The van der Waals surface area contributed by atoms with Crippen LogP contribution in [-0.4, -0.2) is 51.7 Å². The predicted molar refractivity (Wildman–Crippen MR) is 129 cm³/mol. The average Bonchev–Trinajstić information content (AvgIpc) is 3.34. The molecule has 0 aliphatic heterocycles. The van der Waals surface area contributed by atoms with Crippen molar-refractivity contribution in [2.75, 3.05) is 5.32 Å². The zero-order valence-electron chi connectivity index (χ0n) is 20.0. The molecule has 1 aromatic carbocycles. The first-order valence-electron chi connectivity index (χ1n) is 11.4. The molecule has 34 heavy (non-hydrogen) atoms. The van der Waals surface area contributed by atoms with E-state index in [0.29, 0.717) is 23.4 Å². The molecule has 2 heterocycles. The smallest absolute Gasteiger partial charge is 0.192 e. The molecule has 0 radical (unpaired) electrons. The number of benzene rings is 1. The zero-order valence-corrected chi connectivity index (χ0v) is 21.0. The molecule has 4 N–H and O–H groups in total. The highest BCUT2D eigenvalue weighted by molar-refractivity contribution is 6.74. The Kier molecular flexibility index (Phi) is 6.54. The third-order valence-corrected chi connectivity index (χ3v) is 11.7. The monoisotopic (exact) mass is 490 g/mol. The fourth-order valence-corrected chi connectivity index (χ4v) is 5.56. The molecule has 3 aromatic rings. The van der Waals surface area contributed by atoms with Crippen molar-refractivity contribution in [3.05, 3.63) is 54.0 Å². The lowest BCUT2D eigenvalue weighted by Gasteiger charge is -2.41. The summed E-state index contributed by atoms with van der Waals surface area (Å²) in [5.74, 6) is -1.92. The molecule has 4 rings (SSSR count). The zero-order chi connectivity index (χ0) is 24.8. The van der Waals surface area contributed by atoms with Crippen molar-refractivity contribution in [1.82, 2.24) is 15.0 Å². The second-order valence-corrected chi connectivity index (χ2v) is 15.3. The summed E-state index contributed by atoms with van der Waals surface area (Å²) in [7, 11) is -2.38. The maximum atomic E-state index is 14.2. The first kappa shape index (κ1) is 24.7. The van der Waals surface area contributed by atoms with Crippen LogP contribution in [0.3, 0.4) is 0 Å². The molecule has 1 fully saturated rings. The largest absolute Gasteiger partial charge is 0.410 e. The van der Waals surface area contributed by atoms with Gasteiger partial charge in [0, 0.05) is 12.1 Å². The molecule has 5 atom stereocenters. The fourth-order valence-electron chi connectivity index (χ4n) is 4.26. The lowest BCUT2D eigenvalue weighted by Crippen LogP contribution is -2.44. The van der Waals surface area contributed by atoms with E-state index in [-0.39, 0.29) is 5.04 Å². The van der Waals surface area contributed by atoms with Crippen LogP contribution < -0.4 is 5.32 Å². The lowest BCUT2D eigenvalue weighted by molar-refractivity contribution is -0.0185. The van der Waals surface area contributed by atoms with Crippen molar-refractivity contribution in [2.24, 2.45) is 5.92 Å². The Hall–Kier alpha value is -2.40. The lowest BCUT2D eigenvalue weighted by atomic mass is 9.92. The molecule has 0 saturated heterocycles. The van der Waals surface area contributed by atoms with Crippen LogP contribution in [0.1, 0.15) is 38.9 Å². The normalized spacial score (nSPS) is 24.5. The van der Waals surface area contributed by atoms with Gasteiger partial charge in [-0.25, -0.2) is 18.7 Å². The molecule has 0 bridgehead atoms. The van der Waals surface area contributed by atoms with Crippen LogP contribution in [0.4, 0.5) is 14.6 Å². The third kappa shape index (κ3) is 4.59. The number of nitrogens with one attached hydrogen (secondary N) is 2. The molecule has 10 heteroatoms. The van der Waals surface area contributed by atoms with E-state index in [1.165, 1.54) is 12.4 Å². The highest BCUT2D eigenvalue weighted by atomic mass is 28.4. The summed E-state index contributed by atoms with van der Waals surface area (Å²) in [6.45, 7) is 10.4. The van der Waals surface area contributed by atoms with Gasteiger partial charge in [0.05, 0.1) is 23.6 Å². The van der Waals surface area contributed by atoms with Gasteiger partial charge in [-0.15, -0.1) is 0 Å². The van der Waals surface area contributed by atoms with Gasteiger partial charge in [0.15, 0.2) is 20.0 Å². The Balaban J connectivity index is 1.66. The minimum absolute atomic E-state index is 0.148. The standard InChI is InChI=1S/C24H32F2N4O3Si/c1-24(2,3)34(4,5)33-21(13-6-7-16(25)17(26)10-13)15-11-18(20(32)19(15)31)30-23-14-8-9-27-22(14)28-12-29-23/h6-10,12,15,18-21,31-32H,11H2,1-5H3,(H2,27,28,29,30)/t15-,18+,19+,20-,21?/m0/s1. The predicted octanol–water partition coefficient (Wildman–Crippen LogP) is 4.52.